The molecule has 226 valence electrons. The number of nitrogens with zero attached hydrogens (tertiary/aromatic N) is 5. The monoisotopic (exact) mass is 583 g/mol. The van der Waals surface area contributed by atoms with Gasteiger partial charge in [0.2, 0.25) is 5.91 Å². The summed E-state index contributed by atoms with van der Waals surface area (Å²) in [6.07, 6.45) is 1.73. The van der Waals surface area contributed by atoms with Gasteiger partial charge in [-0.25, -0.2) is 4.98 Å². The molecule has 1 aromatic carbocycles. The molecule has 3 aliphatic heterocycles. The highest BCUT2D eigenvalue weighted by molar-refractivity contribution is 5.91. The first-order chi connectivity index (χ1) is 20.3. The summed E-state index contributed by atoms with van der Waals surface area (Å²) in [5, 5.41) is 15.4. The lowest BCUT2D eigenvalue weighted by Crippen LogP contribution is -2.47. The average Bonchev–Trinajstić information content (AvgIpc) is 3.01. The topological polar surface area (TPSA) is 87.5 Å². The lowest BCUT2D eigenvalue weighted by atomic mass is 9.95. The molecule has 4 heterocycles. The number of nitriles is 1. The van der Waals surface area contributed by atoms with E-state index >= 15 is 0 Å². The third kappa shape index (κ3) is 8.00. The van der Waals surface area contributed by atoms with Crippen LogP contribution in [0.1, 0.15) is 42.4 Å². The molecule has 2 N–H and O–H groups in total. The van der Waals surface area contributed by atoms with Crippen LogP contribution < -0.4 is 15.5 Å². The Morgan fingerprint density at radius 1 is 1.00 bits per heavy atom. The van der Waals surface area contributed by atoms with Gasteiger partial charge in [-0.2, -0.15) is 18.4 Å². The Kier molecular flexibility index (Phi) is 9.98. The molecule has 0 radical (unpaired) electrons. The number of piperazine rings is 1. The van der Waals surface area contributed by atoms with Crippen molar-refractivity contribution in [3.05, 3.63) is 53.2 Å². The minimum absolute atomic E-state index is 0.116. The number of carbonyl (C=O) groups excluding carboxylic acids is 1. The third-order valence-corrected chi connectivity index (χ3v) is 8.89. The molecule has 0 aliphatic carbocycles. The van der Waals surface area contributed by atoms with Crippen LogP contribution in [0.25, 0.3) is 0 Å². The fourth-order valence-corrected chi connectivity index (χ4v) is 6.27. The van der Waals surface area contributed by atoms with E-state index in [0.717, 1.165) is 69.8 Å². The van der Waals surface area contributed by atoms with Gasteiger partial charge < -0.3 is 25.3 Å². The summed E-state index contributed by atoms with van der Waals surface area (Å²) in [5.74, 6) is 0.961. The Morgan fingerprint density at radius 3 is 2.38 bits per heavy atom. The number of hydrogen-bond donors (Lipinski definition) is 2. The van der Waals surface area contributed by atoms with Crippen LogP contribution in [0.3, 0.4) is 0 Å². The first kappa shape index (κ1) is 30.3. The SMILES string of the molecule is N#Cc1ccc(N2CCC(C(=O)Nc3ccc(CCN4CCC(CN5CCNCC5)CC4)cn3)CC2)cc1C(F)(F)F. The minimum atomic E-state index is -4.59. The van der Waals surface area contributed by atoms with Crippen LogP contribution in [0.4, 0.5) is 24.7 Å². The summed E-state index contributed by atoms with van der Waals surface area (Å²) in [5.41, 5.74) is 0.241. The Bertz CT molecular complexity index is 1220. The molecule has 0 atom stereocenters. The quantitative estimate of drug-likeness (QED) is 0.486. The van der Waals surface area contributed by atoms with Crippen molar-refractivity contribution in [2.45, 2.75) is 38.3 Å². The number of amides is 1. The molecule has 0 saturated carbocycles. The Labute approximate surface area is 245 Å². The van der Waals surface area contributed by atoms with E-state index in [1.165, 1.54) is 31.5 Å². The molecule has 8 nitrogen and oxygen atoms in total. The maximum atomic E-state index is 13.4. The van der Waals surface area contributed by atoms with E-state index in [-0.39, 0.29) is 17.4 Å². The van der Waals surface area contributed by atoms with Crippen molar-refractivity contribution in [2.24, 2.45) is 11.8 Å². The highest BCUT2D eigenvalue weighted by Gasteiger charge is 2.35. The standard InChI is InChI=1S/C31H40F3N7O/c32-31(33,34)28-19-27(3-2-26(28)20-35)41-15-8-25(9-16-41)30(42)38-29-4-1-23(21-37-29)5-12-39-13-6-24(7-14-39)22-40-17-10-36-11-18-40/h1-4,19,21,24-25,36H,5-18,22H2,(H,37,38,42). The highest BCUT2D eigenvalue weighted by Crippen LogP contribution is 2.35. The Balaban J connectivity index is 1.03. The maximum Gasteiger partial charge on any atom is 0.417 e. The van der Waals surface area contributed by atoms with E-state index in [9.17, 15) is 18.0 Å². The largest absolute Gasteiger partial charge is 0.417 e. The van der Waals surface area contributed by atoms with E-state index < -0.39 is 11.7 Å². The van der Waals surface area contributed by atoms with E-state index in [2.05, 4.69) is 25.4 Å². The normalized spacial score (nSPS) is 19.9. The number of nitrogens with one attached hydrogen (secondary N) is 2. The zero-order valence-electron chi connectivity index (χ0n) is 24.0. The second-order valence-electron chi connectivity index (χ2n) is 11.7. The zero-order valence-corrected chi connectivity index (χ0v) is 24.0. The van der Waals surface area contributed by atoms with Gasteiger partial charge >= 0.3 is 6.18 Å². The molecule has 3 fully saturated rings. The molecule has 0 spiro atoms. The number of benzene rings is 1. The molecule has 11 heteroatoms. The molecule has 5 rings (SSSR count). The van der Waals surface area contributed by atoms with Crippen LogP contribution in [-0.4, -0.2) is 86.1 Å². The number of hydrogen-bond acceptors (Lipinski definition) is 7. The van der Waals surface area contributed by atoms with Gasteiger partial charge in [0.1, 0.15) is 5.82 Å². The molecule has 0 bridgehead atoms. The Morgan fingerprint density at radius 2 is 1.74 bits per heavy atom. The number of likely N-dealkylation sites (tertiary alicyclic amines) is 1. The highest BCUT2D eigenvalue weighted by atomic mass is 19.4. The van der Waals surface area contributed by atoms with Crippen molar-refractivity contribution in [1.82, 2.24) is 20.1 Å². The summed E-state index contributed by atoms with van der Waals surface area (Å²) < 4.78 is 40.1. The van der Waals surface area contributed by atoms with Crippen LogP contribution in [0.15, 0.2) is 36.5 Å². The fourth-order valence-electron chi connectivity index (χ4n) is 6.27. The van der Waals surface area contributed by atoms with Gasteiger partial charge in [0, 0.05) is 70.2 Å². The van der Waals surface area contributed by atoms with Crippen molar-refractivity contribution >= 4 is 17.4 Å². The zero-order chi connectivity index (χ0) is 29.5. The number of aromatic nitrogens is 1. The molecular weight excluding hydrogens is 543 g/mol. The number of alkyl halides is 3. The predicted molar refractivity (Wildman–Crippen MR) is 156 cm³/mol. The minimum Gasteiger partial charge on any atom is -0.371 e. The van der Waals surface area contributed by atoms with Gasteiger partial charge in [0.25, 0.3) is 0 Å². The van der Waals surface area contributed by atoms with Crippen LogP contribution in [0, 0.1) is 23.2 Å². The number of carbonyl (C=O) groups is 1. The molecule has 2 aromatic rings. The first-order valence-electron chi connectivity index (χ1n) is 15.1. The van der Waals surface area contributed by atoms with Crippen molar-refractivity contribution in [2.75, 3.05) is 75.7 Å². The molecule has 42 heavy (non-hydrogen) atoms. The van der Waals surface area contributed by atoms with Crippen LogP contribution in [0.2, 0.25) is 0 Å². The summed E-state index contributed by atoms with van der Waals surface area (Å²) in [6.45, 7) is 9.98. The van der Waals surface area contributed by atoms with Crippen molar-refractivity contribution in [3.63, 3.8) is 0 Å². The second kappa shape index (κ2) is 13.8. The number of pyridine rings is 1. The molecule has 3 aliphatic rings. The number of rotatable bonds is 8. The van der Waals surface area contributed by atoms with Crippen molar-refractivity contribution in [1.29, 1.82) is 5.26 Å². The van der Waals surface area contributed by atoms with E-state index in [0.29, 0.717) is 37.4 Å². The van der Waals surface area contributed by atoms with Crippen LogP contribution in [-0.2, 0) is 17.4 Å². The van der Waals surface area contributed by atoms with Gasteiger partial charge in [0.05, 0.1) is 17.2 Å². The summed E-state index contributed by atoms with van der Waals surface area (Å²) in [6, 6.07) is 9.26. The predicted octanol–water partition coefficient (Wildman–Crippen LogP) is 3.99. The molecule has 1 amide bonds. The lowest BCUT2D eigenvalue weighted by Gasteiger charge is -2.36. The first-order valence-corrected chi connectivity index (χ1v) is 15.1. The second-order valence-corrected chi connectivity index (χ2v) is 11.7. The maximum absolute atomic E-state index is 13.4. The van der Waals surface area contributed by atoms with Crippen LogP contribution in [0.5, 0.6) is 0 Å². The number of piperidine rings is 2. The van der Waals surface area contributed by atoms with Gasteiger partial charge in [-0.3, -0.25) is 4.79 Å². The van der Waals surface area contributed by atoms with Gasteiger partial charge in [-0.15, -0.1) is 0 Å². The lowest BCUT2D eigenvalue weighted by molar-refractivity contribution is -0.137. The fraction of sp³-hybridized carbons (Fsp3) is 0.581. The molecule has 1 aromatic heterocycles. The van der Waals surface area contributed by atoms with E-state index in [4.69, 9.17) is 5.26 Å². The number of halogens is 3. The van der Waals surface area contributed by atoms with Gasteiger partial charge in [-0.1, -0.05) is 6.07 Å². The Hall–Kier alpha value is -3.20. The summed E-state index contributed by atoms with van der Waals surface area (Å²) >= 11 is 0. The summed E-state index contributed by atoms with van der Waals surface area (Å²) in [7, 11) is 0. The molecule has 3 saturated heterocycles. The third-order valence-electron chi connectivity index (χ3n) is 8.89. The molecule has 0 unspecified atom stereocenters. The molecular formula is C31H40F3N7O. The average molecular weight is 584 g/mol. The smallest absolute Gasteiger partial charge is 0.371 e. The summed E-state index contributed by atoms with van der Waals surface area (Å²) in [4.78, 5) is 24.3. The van der Waals surface area contributed by atoms with Gasteiger partial charge in [0.15, 0.2) is 0 Å². The van der Waals surface area contributed by atoms with Crippen molar-refractivity contribution in [3.8, 4) is 6.07 Å². The van der Waals surface area contributed by atoms with E-state index in [1.807, 2.05) is 23.2 Å². The van der Waals surface area contributed by atoms with Crippen molar-refractivity contribution < 1.29 is 18.0 Å². The van der Waals surface area contributed by atoms with Crippen LogP contribution >= 0.6 is 0 Å². The number of anilines is 2. The van der Waals surface area contributed by atoms with Gasteiger partial charge in [-0.05, 0) is 80.9 Å². The van der Waals surface area contributed by atoms with E-state index in [1.54, 1.807) is 6.07 Å².